The van der Waals surface area contributed by atoms with Crippen molar-refractivity contribution in [1.29, 1.82) is 0 Å². The van der Waals surface area contributed by atoms with E-state index in [2.05, 4.69) is 0 Å². The highest BCUT2D eigenvalue weighted by atomic mass is 16.7. The minimum absolute atomic E-state index is 0.0757. The highest BCUT2D eigenvalue weighted by molar-refractivity contribution is 5.88. The van der Waals surface area contributed by atoms with E-state index >= 15 is 0 Å². The van der Waals surface area contributed by atoms with Crippen LogP contribution in [0, 0.1) is 0 Å². The normalized spacial score (nSPS) is 22.2. The predicted molar refractivity (Wildman–Crippen MR) is 87.7 cm³/mol. The third kappa shape index (κ3) is 4.31. The topological polar surface area (TPSA) is 48.0 Å². The smallest absolute Gasteiger partial charge is 0.256 e. The molecule has 1 aromatic carbocycles. The maximum atomic E-state index is 12.5. The number of carbonyl (C=O) groups excluding carboxylic acids is 1. The van der Waals surface area contributed by atoms with Crippen molar-refractivity contribution < 1.29 is 19.0 Å². The van der Waals surface area contributed by atoms with Gasteiger partial charge in [0.1, 0.15) is 6.73 Å². The van der Waals surface area contributed by atoms with Crippen LogP contribution in [0.3, 0.4) is 0 Å². The third-order valence-corrected chi connectivity index (χ3v) is 3.83. The van der Waals surface area contributed by atoms with Gasteiger partial charge in [-0.05, 0) is 40.2 Å². The Morgan fingerprint density at radius 3 is 2.22 bits per heavy atom. The molecular weight excluding hydrogens is 294 g/mol. The van der Waals surface area contributed by atoms with Crippen LogP contribution >= 0.6 is 0 Å². The first-order chi connectivity index (χ1) is 10.6. The van der Waals surface area contributed by atoms with Crippen LogP contribution in [0.15, 0.2) is 30.3 Å². The Hall–Kier alpha value is -1.43. The molecule has 2 atom stereocenters. The van der Waals surface area contributed by atoms with E-state index in [1.54, 1.807) is 25.9 Å². The van der Waals surface area contributed by atoms with Gasteiger partial charge in [-0.1, -0.05) is 30.3 Å². The van der Waals surface area contributed by atoms with Gasteiger partial charge in [0.2, 0.25) is 0 Å². The molecule has 1 heterocycles. The van der Waals surface area contributed by atoms with Gasteiger partial charge >= 0.3 is 0 Å². The number of benzene rings is 1. The molecule has 128 valence electrons. The van der Waals surface area contributed by atoms with Gasteiger partial charge in [-0.15, -0.1) is 0 Å². The van der Waals surface area contributed by atoms with Crippen molar-refractivity contribution in [2.45, 2.75) is 58.2 Å². The number of hydrogen-bond donors (Lipinski definition) is 0. The second kappa shape index (κ2) is 6.59. The molecule has 1 aliphatic rings. The Labute approximate surface area is 138 Å². The SMILES string of the molecule is COC(C)(C)O[C@H]1C(=O)N(COC(C)(C)C)[C@H]1c1ccccc1. The Morgan fingerprint density at radius 2 is 1.70 bits per heavy atom. The van der Waals surface area contributed by atoms with Crippen molar-refractivity contribution in [3.63, 3.8) is 0 Å². The van der Waals surface area contributed by atoms with E-state index in [1.165, 1.54) is 0 Å². The second-order valence-electron chi connectivity index (χ2n) is 7.19. The maximum Gasteiger partial charge on any atom is 0.256 e. The molecule has 0 aliphatic carbocycles. The van der Waals surface area contributed by atoms with E-state index in [0.29, 0.717) is 0 Å². The highest BCUT2D eigenvalue weighted by Crippen LogP contribution is 2.39. The number of hydrogen-bond acceptors (Lipinski definition) is 4. The third-order valence-electron chi connectivity index (χ3n) is 3.83. The lowest BCUT2D eigenvalue weighted by Crippen LogP contribution is -2.62. The number of likely N-dealkylation sites (tertiary alicyclic amines) is 1. The molecule has 1 amide bonds. The number of methoxy groups -OCH3 is 1. The largest absolute Gasteiger partial charge is 0.355 e. The number of carbonyl (C=O) groups is 1. The number of nitrogens with zero attached hydrogens (tertiary/aromatic N) is 1. The summed E-state index contributed by atoms with van der Waals surface area (Å²) >= 11 is 0. The lowest BCUT2D eigenvalue weighted by atomic mass is 9.91. The van der Waals surface area contributed by atoms with Crippen LogP contribution in [0.1, 0.15) is 46.2 Å². The number of rotatable bonds is 6. The summed E-state index contributed by atoms with van der Waals surface area (Å²) in [6.45, 7) is 9.76. The molecule has 0 bridgehead atoms. The van der Waals surface area contributed by atoms with Crippen molar-refractivity contribution >= 4 is 5.91 Å². The maximum absolute atomic E-state index is 12.5. The highest BCUT2D eigenvalue weighted by Gasteiger charge is 2.51. The zero-order chi connectivity index (χ0) is 17.3. The monoisotopic (exact) mass is 321 g/mol. The zero-order valence-electron chi connectivity index (χ0n) is 14.8. The summed E-state index contributed by atoms with van der Waals surface area (Å²) in [5, 5.41) is 0. The average Bonchev–Trinajstić information content (AvgIpc) is 2.49. The Morgan fingerprint density at radius 1 is 1.09 bits per heavy atom. The van der Waals surface area contributed by atoms with E-state index in [9.17, 15) is 4.79 Å². The van der Waals surface area contributed by atoms with Crippen molar-refractivity contribution in [2.24, 2.45) is 0 Å². The van der Waals surface area contributed by atoms with E-state index in [0.717, 1.165) is 5.56 Å². The molecule has 5 nitrogen and oxygen atoms in total. The molecular formula is C18H27NO4. The molecule has 0 saturated carbocycles. The van der Waals surface area contributed by atoms with Gasteiger partial charge in [0, 0.05) is 7.11 Å². The van der Waals surface area contributed by atoms with Crippen LogP contribution in [-0.2, 0) is 19.0 Å². The van der Waals surface area contributed by atoms with Gasteiger partial charge in [0.05, 0.1) is 11.6 Å². The summed E-state index contributed by atoms with van der Waals surface area (Å²) in [7, 11) is 1.57. The van der Waals surface area contributed by atoms with Crippen LogP contribution in [0.5, 0.6) is 0 Å². The Kier molecular flexibility index (Phi) is 5.14. The van der Waals surface area contributed by atoms with Crippen LogP contribution in [0.2, 0.25) is 0 Å². The Balaban J connectivity index is 2.18. The van der Waals surface area contributed by atoms with Crippen molar-refractivity contribution in [3.8, 4) is 0 Å². The molecule has 0 aromatic heterocycles. The number of ether oxygens (including phenoxy) is 3. The molecule has 5 heteroatoms. The lowest BCUT2D eigenvalue weighted by molar-refractivity contribution is -0.262. The van der Waals surface area contributed by atoms with Crippen LogP contribution in [0.25, 0.3) is 0 Å². The summed E-state index contributed by atoms with van der Waals surface area (Å²) in [5.41, 5.74) is 0.723. The molecule has 1 aliphatic heterocycles. The second-order valence-corrected chi connectivity index (χ2v) is 7.19. The molecule has 0 unspecified atom stereocenters. The van der Waals surface area contributed by atoms with Crippen molar-refractivity contribution in [3.05, 3.63) is 35.9 Å². The quantitative estimate of drug-likeness (QED) is 0.597. The standard InChI is InChI=1S/C18H27NO4/c1-17(2,3)22-12-19-14(13-10-8-7-9-11-13)15(16(19)20)23-18(4,5)21-6/h7-11,14-15H,12H2,1-6H3/t14-,15+/m0/s1. The van der Waals surface area contributed by atoms with Gasteiger partial charge in [0.15, 0.2) is 11.9 Å². The van der Waals surface area contributed by atoms with E-state index in [-0.39, 0.29) is 24.3 Å². The minimum atomic E-state index is -0.815. The molecule has 0 N–H and O–H groups in total. The zero-order valence-corrected chi connectivity index (χ0v) is 14.8. The van der Waals surface area contributed by atoms with Gasteiger partial charge in [0.25, 0.3) is 5.91 Å². The molecule has 0 spiro atoms. The summed E-state index contributed by atoms with van der Waals surface area (Å²) in [5.74, 6) is -0.891. The molecule has 1 saturated heterocycles. The summed E-state index contributed by atoms with van der Waals surface area (Å²) in [4.78, 5) is 14.2. The van der Waals surface area contributed by atoms with Crippen LogP contribution in [0.4, 0.5) is 0 Å². The van der Waals surface area contributed by atoms with Crippen LogP contribution < -0.4 is 0 Å². The van der Waals surface area contributed by atoms with Crippen molar-refractivity contribution in [1.82, 2.24) is 4.90 Å². The fraction of sp³-hybridized carbons (Fsp3) is 0.611. The average molecular weight is 321 g/mol. The first-order valence-electron chi connectivity index (χ1n) is 7.87. The van der Waals surface area contributed by atoms with Gasteiger partial charge in [-0.3, -0.25) is 4.79 Å². The van der Waals surface area contributed by atoms with Gasteiger partial charge in [-0.25, -0.2) is 0 Å². The molecule has 0 radical (unpaired) electrons. The molecule has 2 rings (SSSR count). The van der Waals surface area contributed by atoms with E-state index in [4.69, 9.17) is 14.2 Å². The Bertz CT molecular complexity index is 536. The van der Waals surface area contributed by atoms with Crippen LogP contribution in [-0.4, -0.2) is 42.1 Å². The number of β-lactam (4-membered cyclic amide) rings is 1. The molecule has 23 heavy (non-hydrogen) atoms. The van der Waals surface area contributed by atoms with Gasteiger partial charge < -0.3 is 19.1 Å². The fourth-order valence-electron chi connectivity index (χ4n) is 2.40. The first kappa shape index (κ1) is 17.9. The fourth-order valence-corrected chi connectivity index (χ4v) is 2.40. The molecule has 1 fully saturated rings. The lowest BCUT2D eigenvalue weighted by Gasteiger charge is -2.49. The summed E-state index contributed by atoms with van der Waals surface area (Å²) < 4.78 is 17.0. The molecule has 1 aromatic rings. The number of amides is 1. The summed E-state index contributed by atoms with van der Waals surface area (Å²) in [6, 6.07) is 9.70. The predicted octanol–water partition coefficient (Wildman–Crippen LogP) is 3.11. The minimum Gasteiger partial charge on any atom is -0.355 e. The van der Waals surface area contributed by atoms with Crippen molar-refractivity contribution in [2.75, 3.05) is 13.8 Å². The van der Waals surface area contributed by atoms with Gasteiger partial charge in [-0.2, -0.15) is 0 Å². The first-order valence-corrected chi connectivity index (χ1v) is 7.87. The van der Waals surface area contributed by atoms with E-state index < -0.39 is 11.9 Å². The summed E-state index contributed by atoms with van der Waals surface area (Å²) in [6.07, 6.45) is -0.559. The van der Waals surface area contributed by atoms with E-state index in [1.807, 2.05) is 51.1 Å².